The lowest BCUT2D eigenvalue weighted by Crippen LogP contribution is -2.35. The predicted octanol–water partition coefficient (Wildman–Crippen LogP) is 5.38. The Morgan fingerprint density at radius 2 is 1.82 bits per heavy atom. The fourth-order valence-electron chi connectivity index (χ4n) is 4.31. The molecule has 0 saturated carbocycles. The Labute approximate surface area is 204 Å². The van der Waals surface area contributed by atoms with Crippen LogP contribution in [0, 0.1) is 6.92 Å². The van der Waals surface area contributed by atoms with E-state index >= 15 is 0 Å². The van der Waals surface area contributed by atoms with Gasteiger partial charge < -0.3 is 4.98 Å². The molecule has 1 unspecified atom stereocenters. The van der Waals surface area contributed by atoms with Crippen molar-refractivity contribution in [3.8, 4) is 0 Å². The highest BCUT2D eigenvalue weighted by Crippen LogP contribution is 2.30. The van der Waals surface area contributed by atoms with Gasteiger partial charge in [-0.2, -0.15) is 0 Å². The second-order valence-corrected chi connectivity index (χ2v) is 10.2. The Hall–Kier alpha value is -3.03. The Bertz CT molecular complexity index is 1350. The molecule has 0 aliphatic rings. The molecule has 0 aliphatic heterocycles. The summed E-state index contributed by atoms with van der Waals surface area (Å²) >= 11 is 6.53. The minimum atomic E-state index is -0.278. The SMILES string of the molecule is CCC(c1nnnn1C(C)(C)C)N(Cc1ccccc1Cl)Cc1cc2cc(C)ccc2[nH]c1=O. The number of nitrogens with one attached hydrogen (secondary N) is 1. The highest BCUT2D eigenvalue weighted by atomic mass is 35.5. The van der Waals surface area contributed by atoms with Gasteiger partial charge in [0.2, 0.25) is 0 Å². The van der Waals surface area contributed by atoms with Crippen molar-refractivity contribution in [1.82, 2.24) is 30.1 Å². The summed E-state index contributed by atoms with van der Waals surface area (Å²) in [6, 6.07) is 15.7. The van der Waals surface area contributed by atoms with Gasteiger partial charge in [0.25, 0.3) is 5.56 Å². The number of H-pyrrole nitrogens is 1. The first-order chi connectivity index (χ1) is 16.2. The Morgan fingerprint density at radius 1 is 1.09 bits per heavy atom. The van der Waals surface area contributed by atoms with E-state index < -0.39 is 0 Å². The lowest BCUT2D eigenvalue weighted by molar-refractivity contribution is 0.153. The Balaban J connectivity index is 1.79. The molecule has 2 aromatic carbocycles. The van der Waals surface area contributed by atoms with Crippen molar-refractivity contribution in [3.05, 3.63) is 86.4 Å². The summed E-state index contributed by atoms with van der Waals surface area (Å²) < 4.78 is 1.87. The van der Waals surface area contributed by atoms with Crippen LogP contribution in [0.5, 0.6) is 0 Å². The molecule has 34 heavy (non-hydrogen) atoms. The molecule has 1 atom stereocenters. The molecule has 4 aromatic rings. The molecule has 0 spiro atoms. The van der Waals surface area contributed by atoms with Gasteiger partial charge in [-0.15, -0.1) is 5.10 Å². The number of aryl methyl sites for hydroxylation is 1. The largest absolute Gasteiger partial charge is 0.322 e. The van der Waals surface area contributed by atoms with Crippen LogP contribution in [0.15, 0.2) is 53.3 Å². The zero-order valence-corrected chi connectivity index (χ0v) is 21.1. The van der Waals surface area contributed by atoms with Gasteiger partial charge >= 0.3 is 0 Å². The van der Waals surface area contributed by atoms with E-state index in [0.29, 0.717) is 23.7 Å². The maximum absolute atomic E-state index is 13.0. The first-order valence-electron chi connectivity index (χ1n) is 11.6. The number of benzene rings is 2. The number of nitrogens with zero attached hydrogens (tertiary/aromatic N) is 5. The Morgan fingerprint density at radius 3 is 2.53 bits per heavy atom. The molecule has 0 aliphatic carbocycles. The van der Waals surface area contributed by atoms with E-state index in [9.17, 15) is 4.79 Å². The van der Waals surface area contributed by atoms with Gasteiger partial charge in [0.05, 0.1) is 11.6 Å². The summed E-state index contributed by atoms with van der Waals surface area (Å²) in [6.45, 7) is 11.4. The summed E-state index contributed by atoms with van der Waals surface area (Å²) in [4.78, 5) is 18.3. The van der Waals surface area contributed by atoms with Crippen molar-refractivity contribution < 1.29 is 0 Å². The fourth-order valence-corrected chi connectivity index (χ4v) is 4.51. The maximum atomic E-state index is 13.0. The average molecular weight is 479 g/mol. The summed E-state index contributed by atoms with van der Waals surface area (Å²) in [6.07, 6.45) is 0.769. The number of rotatable bonds is 7. The summed E-state index contributed by atoms with van der Waals surface area (Å²) in [5.74, 6) is 0.773. The van der Waals surface area contributed by atoms with E-state index in [1.54, 1.807) is 0 Å². The third-order valence-corrected chi connectivity index (χ3v) is 6.40. The van der Waals surface area contributed by atoms with Crippen molar-refractivity contribution in [2.45, 2.75) is 65.7 Å². The molecule has 2 aromatic heterocycles. The minimum Gasteiger partial charge on any atom is -0.322 e. The van der Waals surface area contributed by atoms with Gasteiger partial charge in [0, 0.05) is 29.2 Å². The number of halogens is 1. The second-order valence-electron chi connectivity index (χ2n) is 9.75. The van der Waals surface area contributed by atoms with E-state index in [1.807, 2.05) is 54.1 Å². The zero-order chi connectivity index (χ0) is 24.5. The summed E-state index contributed by atoms with van der Waals surface area (Å²) in [7, 11) is 0. The molecule has 0 fully saturated rings. The quantitative estimate of drug-likeness (QED) is 0.385. The molecule has 4 rings (SSSR count). The summed E-state index contributed by atoms with van der Waals surface area (Å²) in [5.41, 5.74) is 3.30. The number of hydrogen-bond acceptors (Lipinski definition) is 5. The standard InChI is InChI=1S/C26H31ClN6O/c1-6-23(24-29-30-31-33(24)26(3,4)5)32(15-18-9-7-8-10-21(18)27)16-20-14-19-13-17(2)11-12-22(19)28-25(20)34/h7-14,23H,6,15-16H2,1-5H3,(H,28,34). The molecule has 0 saturated heterocycles. The van der Waals surface area contributed by atoms with E-state index in [0.717, 1.165) is 34.3 Å². The van der Waals surface area contributed by atoms with Gasteiger partial charge in [-0.1, -0.05) is 48.4 Å². The van der Waals surface area contributed by atoms with Gasteiger partial charge in [0.15, 0.2) is 5.82 Å². The van der Waals surface area contributed by atoms with Crippen LogP contribution in [0.2, 0.25) is 5.02 Å². The zero-order valence-electron chi connectivity index (χ0n) is 20.3. The number of fused-ring (bicyclic) bond motifs is 1. The van der Waals surface area contributed by atoms with Crippen LogP contribution in [-0.4, -0.2) is 30.1 Å². The lowest BCUT2D eigenvalue weighted by Gasteiger charge is -2.32. The highest BCUT2D eigenvalue weighted by molar-refractivity contribution is 6.31. The van der Waals surface area contributed by atoms with Crippen LogP contribution in [-0.2, 0) is 18.6 Å². The molecule has 178 valence electrons. The van der Waals surface area contributed by atoms with Crippen LogP contribution < -0.4 is 5.56 Å². The number of tetrazole rings is 1. The number of pyridine rings is 1. The third-order valence-electron chi connectivity index (χ3n) is 6.04. The summed E-state index contributed by atoms with van der Waals surface area (Å²) in [5, 5.41) is 14.4. The van der Waals surface area contributed by atoms with Gasteiger partial charge in [-0.25, -0.2) is 4.68 Å². The van der Waals surface area contributed by atoms with Crippen LogP contribution in [0.3, 0.4) is 0 Å². The molecule has 7 nitrogen and oxygen atoms in total. The topological polar surface area (TPSA) is 79.7 Å². The van der Waals surface area contributed by atoms with E-state index in [1.165, 1.54) is 0 Å². The van der Waals surface area contributed by atoms with Crippen molar-refractivity contribution in [1.29, 1.82) is 0 Å². The Kier molecular flexibility index (Phi) is 6.86. The number of aromatic nitrogens is 5. The van der Waals surface area contributed by atoms with Gasteiger partial charge in [0.1, 0.15) is 0 Å². The molecule has 8 heteroatoms. The van der Waals surface area contributed by atoms with Crippen LogP contribution >= 0.6 is 11.6 Å². The fraction of sp³-hybridized carbons (Fsp3) is 0.385. The highest BCUT2D eigenvalue weighted by Gasteiger charge is 2.30. The van der Waals surface area contributed by atoms with E-state index in [2.05, 4.69) is 59.2 Å². The smallest absolute Gasteiger partial charge is 0.252 e. The number of aromatic amines is 1. The molecule has 2 heterocycles. The van der Waals surface area contributed by atoms with Crippen molar-refractivity contribution in [3.63, 3.8) is 0 Å². The van der Waals surface area contributed by atoms with Crippen molar-refractivity contribution >= 4 is 22.5 Å². The van der Waals surface area contributed by atoms with Crippen molar-refractivity contribution in [2.24, 2.45) is 0 Å². The molecular formula is C26H31ClN6O. The first-order valence-corrected chi connectivity index (χ1v) is 11.9. The van der Waals surface area contributed by atoms with E-state index in [-0.39, 0.29) is 17.1 Å². The van der Waals surface area contributed by atoms with Crippen LogP contribution in [0.1, 0.15) is 62.7 Å². The lowest BCUT2D eigenvalue weighted by atomic mass is 10.0. The maximum Gasteiger partial charge on any atom is 0.252 e. The normalized spacial score (nSPS) is 13.0. The molecule has 0 bridgehead atoms. The first kappa shape index (κ1) is 24.1. The number of hydrogen-bond donors (Lipinski definition) is 1. The second kappa shape index (κ2) is 9.68. The van der Waals surface area contributed by atoms with Crippen LogP contribution in [0.4, 0.5) is 0 Å². The van der Waals surface area contributed by atoms with Gasteiger partial charge in [-0.3, -0.25) is 9.69 Å². The van der Waals surface area contributed by atoms with Gasteiger partial charge in [-0.05, 0) is 79.8 Å². The molecule has 0 radical (unpaired) electrons. The van der Waals surface area contributed by atoms with E-state index in [4.69, 9.17) is 11.6 Å². The molecular weight excluding hydrogens is 448 g/mol. The van der Waals surface area contributed by atoms with Crippen molar-refractivity contribution in [2.75, 3.05) is 0 Å². The predicted molar refractivity (Wildman–Crippen MR) is 136 cm³/mol. The minimum absolute atomic E-state index is 0.0919. The monoisotopic (exact) mass is 478 g/mol. The average Bonchev–Trinajstić information content (AvgIpc) is 3.27. The molecule has 1 N–H and O–H groups in total. The van der Waals surface area contributed by atoms with Crippen LogP contribution in [0.25, 0.3) is 10.9 Å². The molecule has 0 amide bonds. The third kappa shape index (κ3) is 5.05.